The lowest BCUT2D eigenvalue weighted by Gasteiger charge is -2.13. The number of nitrogens with two attached hydrogens (primary N) is 1. The number of nitrogen functional groups attached to an aromatic ring is 1. The highest BCUT2D eigenvalue weighted by Crippen LogP contribution is 2.21. The first-order chi connectivity index (χ1) is 6.19. The Kier molecular flexibility index (Phi) is 3.22. The first-order valence-electron chi connectivity index (χ1n) is 3.79. The third-order valence-corrected chi connectivity index (χ3v) is 1.72. The number of hydrogen-bond donors (Lipinski definition) is 1. The Hall–Kier alpha value is -1.13. The van der Waals surface area contributed by atoms with E-state index in [9.17, 15) is 4.39 Å². The van der Waals surface area contributed by atoms with Crippen molar-refractivity contribution >= 4 is 5.69 Å². The number of methoxy groups -OCH3 is 2. The van der Waals surface area contributed by atoms with Crippen molar-refractivity contribution in [2.45, 2.75) is 6.29 Å². The predicted octanol–water partition coefficient (Wildman–Crippen LogP) is 1.70. The van der Waals surface area contributed by atoms with Gasteiger partial charge in [-0.2, -0.15) is 0 Å². The van der Waals surface area contributed by atoms with Gasteiger partial charge in [-0.05, 0) is 12.1 Å². The number of anilines is 1. The van der Waals surface area contributed by atoms with E-state index in [1.807, 2.05) is 0 Å². The molecule has 0 bridgehead atoms. The third-order valence-electron chi connectivity index (χ3n) is 1.72. The van der Waals surface area contributed by atoms with Crippen molar-refractivity contribution in [3.05, 3.63) is 29.6 Å². The zero-order chi connectivity index (χ0) is 9.84. The van der Waals surface area contributed by atoms with Crippen LogP contribution in [0.5, 0.6) is 0 Å². The van der Waals surface area contributed by atoms with E-state index in [1.165, 1.54) is 26.4 Å². The summed E-state index contributed by atoms with van der Waals surface area (Å²) in [6, 6.07) is 4.35. The summed E-state index contributed by atoms with van der Waals surface area (Å²) in [6.07, 6.45) is -0.497. The van der Waals surface area contributed by atoms with Crippen LogP contribution in [0.25, 0.3) is 0 Å². The fourth-order valence-corrected chi connectivity index (χ4v) is 1.08. The van der Waals surface area contributed by atoms with Gasteiger partial charge in [0.15, 0.2) is 6.29 Å². The van der Waals surface area contributed by atoms with Gasteiger partial charge in [0.2, 0.25) is 0 Å². The first-order valence-corrected chi connectivity index (χ1v) is 3.79. The molecule has 2 N–H and O–H groups in total. The number of halogens is 1. The summed E-state index contributed by atoms with van der Waals surface area (Å²) < 4.78 is 22.7. The Morgan fingerprint density at radius 2 is 1.92 bits per heavy atom. The summed E-state index contributed by atoms with van der Waals surface area (Å²) in [6.45, 7) is 0. The highest BCUT2D eigenvalue weighted by atomic mass is 19.1. The second-order valence-corrected chi connectivity index (χ2v) is 2.58. The van der Waals surface area contributed by atoms with E-state index in [4.69, 9.17) is 15.2 Å². The van der Waals surface area contributed by atoms with Crippen molar-refractivity contribution in [2.75, 3.05) is 20.0 Å². The van der Waals surface area contributed by atoms with Crippen molar-refractivity contribution in [1.29, 1.82) is 0 Å². The van der Waals surface area contributed by atoms with Gasteiger partial charge in [0.1, 0.15) is 5.82 Å². The van der Waals surface area contributed by atoms with Crippen LogP contribution in [-0.2, 0) is 9.47 Å². The molecule has 1 aromatic rings. The van der Waals surface area contributed by atoms with E-state index in [0.29, 0.717) is 5.56 Å². The van der Waals surface area contributed by atoms with Crippen LogP contribution in [0, 0.1) is 5.82 Å². The predicted molar refractivity (Wildman–Crippen MR) is 47.6 cm³/mol. The molecule has 0 amide bonds. The van der Waals surface area contributed by atoms with Crippen LogP contribution in [0.15, 0.2) is 18.2 Å². The van der Waals surface area contributed by atoms with Crippen molar-refractivity contribution in [3.8, 4) is 0 Å². The van der Waals surface area contributed by atoms with Crippen LogP contribution in [-0.4, -0.2) is 14.2 Å². The summed E-state index contributed by atoms with van der Waals surface area (Å²) in [5.74, 6) is -0.435. The number of benzene rings is 1. The topological polar surface area (TPSA) is 44.5 Å². The molecule has 1 rings (SSSR count). The summed E-state index contributed by atoms with van der Waals surface area (Å²) in [7, 11) is 3.02. The van der Waals surface area contributed by atoms with E-state index >= 15 is 0 Å². The second-order valence-electron chi connectivity index (χ2n) is 2.58. The maximum absolute atomic E-state index is 12.8. The SMILES string of the molecule is COC(OC)c1ccc(F)c(N)c1. The Balaban J connectivity index is 2.95. The lowest BCUT2D eigenvalue weighted by atomic mass is 10.2. The first kappa shape index (κ1) is 9.95. The molecule has 4 heteroatoms. The van der Waals surface area contributed by atoms with Gasteiger partial charge in [-0.25, -0.2) is 4.39 Å². The largest absolute Gasteiger partial charge is 0.396 e. The van der Waals surface area contributed by atoms with Gasteiger partial charge in [-0.3, -0.25) is 0 Å². The molecule has 0 fully saturated rings. The molecular formula is C9H12FNO2. The molecule has 13 heavy (non-hydrogen) atoms. The fraction of sp³-hybridized carbons (Fsp3) is 0.333. The van der Waals surface area contributed by atoms with Crippen molar-refractivity contribution in [1.82, 2.24) is 0 Å². The van der Waals surface area contributed by atoms with Gasteiger partial charge in [0, 0.05) is 19.8 Å². The van der Waals surface area contributed by atoms with Gasteiger partial charge < -0.3 is 15.2 Å². The fourth-order valence-electron chi connectivity index (χ4n) is 1.08. The van der Waals surface area contributed by atoms with E-state index in [-0.39, 0.29) is 5.69 Å². The van der Waals surface area contributed by atoms with E-state index in [2.05, 4.69) is 0 Å². The summed E-state index contributed by atoms with van der Waals surface area (Å²) in [5, 5.41) is 0. The molecule has 72 valence electrons. The summed E-state index contributed by atoms with van der Waals surface area (Å²) in [5.41, 5.74) is 6.17. The quantitative estimate of drug-likeness (QED) is 0.575. The van der Waals surface area contributed by atoms with E-state index in [0.717, 1.165) is 0 Å². The summed E-state index contributed by atoms with van der Waals surface area (Å²) in [4.78, 5) is 0. The maximum atomic E-state index is 12.8. The van der Waals surface area contributed by atoms with Gasteiger partial charge in [0.05, 0.1) is 5.69 Å². The van der Waals surface area contributed by atoms with Gasteiger partial charge in [0.25, 0.3) is 0 Å². The monoisotopic (exact) mass is 185 g/mol. The lowest BCUT2D eigenvalue weighted by molar-refractivity contribution is -0.106. The van der Waals surface area contributed by atoms with Gasteiger partial charge in [-0.1, -0.05) is 6.07 Å². The number of ether oxygens (including phenoxy) is 2. The molecule has 0 aromatic heterocycles. The Labute approximate surface area is 76.3 Å². The molecule has 0 aliphatic rings. The average Bonchev–Trinajstić information content (AvgIpc) is 2.13. The zero-order valence-electron chi connectivity index (χ0n) is 7.58. The Morgan fingerprint density at radius 3 is 2.38 bits per heavy atom. The Bertz CT molecular complexity index is 287. The lowest BCUT2D eigenvalue weighted by Crippen LogP contribution is -2.04. The Morgan fingerprint density at radius 1 is 1.31 bits per heavy atom. The number of hydrogen-bond acceptors (Lipinski definition) is 3. The molecule has 0 heterocycles. The second kappa shape index (κ2) is 4.20. The normalized spacial score (nSPS) is 10.8. The molecule has 0 radical (unpaired) electrons. The van der Waals surface area contributed by atoms with Crippen molar-refractivity contribution in [2.24, 2.45) is 0 Å². The molecular weight excluding hydrogens is 173 g/mol. The van der Waals surface area contributed by atoms with Crippen LogP contribution in [0.2, 0.25) is 0 Å². The van der Waals surface area contributed by atoms with Crippen LogP contribution < -0.4 is 5.73 Å². The minimum atomic E-state index is -0.497. The average molecular weight is 185 g/mol. The molecule has 0 saturated heterocycles. The highest BCUT2D eigenvalue weighted by Gasteiger charge is 2.09. The van der Waals surface area contributed by atoms with Crippen molar-refractivity contribution in [3.63, 3.8) is 0 Å². The third kappa shape index (κ3) is 2.17. The molecule has 0 atom stereocenters. The summed E-state index contributed by atoms with van der Waals surface area (Å²) >= 11 is 0. The molecule has 0 spiro atoms. The van der Waals surface area contributed by atoms with E-state index in [1.54, 1.807) is 6.07 Å². The maximum Gasteiger partial charge on any atom is 0.183 e. The molecule has 0 aliphatic carbocycles. The minimum absolute atomic E-state index is 0.0941. The van der Waals surface area contributed by atoms with Crippen LogP contribution >= 0.6 is 0 Å². The van der Waals surface area contributed by atoms with Crippen LogP contribution in [0.1, 0.15) is 11.9 Å². The molecule has 0 saturated carbocycles. The smallest absolute Gasteiger partial charge is 0.183 e. The number of rotatable bonds is 3. The van der Waals surface area contributed by atoms with Crippen LogP contribution in [0.3, 0.4) is 0 Å². The molecule has 0 aliphatic heterocycles. The van der Waals surface area contributed by atoms with Crippen molar-refractivity contribution < 1.29 is 13.9 Å². The van der Waals surface area contributed by atoms with Gasteiger partial charge in [-0.15, -0.1) is 0 Å². The minimum Gasteiger partial charge on any atom is -0.396 e. The van der Waals surface area contributed by atoms with Crippen LogP contribution in [0.4, 0.5) is 10.1 Å². The molecule has 3 nitrogen and oxygen atoms in total. The highest BCUT2D eigenvalue weighted by molar-refractivity contribution is 5.42. The standard InChI is InChI=1S/C9H12FNO2/c1-12-9(13-2)6-3-4-7(10)8(11)5-6/h3-5,9H,11H2,1-2H3. The van der Waals surface area contributed by atoms with Gasteiger partial charge >= 0.3 is 0 Å². The molecule has 1 aromatic carbocycles. The molecule has 0 unspecified atom stereocenters. The zero-order valence-corrected chi connectivity index (χ0v) is 7.58. The van der Waals surface area contributed by atoms with E-state index < -0.39 is 12.1 Å².